The standard InChI is InChI=1S/C11H20ClN7/c1-17(2)3-4-18-5-7-19(8-6-18)11-15-9(12)14-10(13)16-11/h3-8H2,1-2H3,(H2,13,14,15,16). The van der Waals surface area contributed by atoms with E-state index < -0.39 is 0 Å². The van der Waals surface area contributed by atoms with Crippen molar-refractivity contribution in [1.82, 2.24) is 24.8 Å². The molecule has 106 valence electrons. The number of halogens is 1. The molecule has 8 heteroatoms. The Kier molecular flexibility index (Phi) is 4.73. The first-order chi connectivity index (χ1) is 9.04. The van der Waals surface area contributed by atoms with Crippen LogP contribution in [0.1, 0.15) is 0 Å². The molecule has 7 nitrogen and oxygen atoms in total. The second-order valence-corrected chi connectivity index (χ2v) is 5.23. The zero-order valence-corrected chi connectivity index (χ0v) is 12.1. The third-order valence-electron chi connectivity index (χ3n) is 3.13. The van der Waals surface area contributed by atoms with Gasteiger partial charge in [-0.3, -0.25) is 4.90 Å². The van der Waals surface area contributed by atoms with Crippen LogP contribution in [-0.4, -0.2) is 78.1 Å². The van der Waals surface area contributed by atoms with Crippen LogP contribution in [0.25, 0.3) is 0 Å². The molecule has 2 N–H and O–H groups in total. The molecule has 1 fully saturated rings. The third kappa shape index (κ3) is 4.15. The fraction of sp³-hybridized carbons (Fsp3) is 0.727. The predicted molar refractivity (Wildman–Crippen MR) is 76.5 cm³/mol. The average Bonchev–Trinajstić information content (AvgIpc) is 2.36. The number of likely N-dealkylation sites (N-methyl/N-ethyl adjacent to an activating group) is 1. The van der Waals surface area contributed by atoms with Crippen LogP contribution in [0.4, 0.5) is 11.9 Å². The lowest BCUT2D eigenvalue weighted by molar-refractivity contribution is 0.228. The molecule has 1 saturated heterocycles. The van der Waals surface area contributed by atoms with Crippen molar-refractivity contribution in [2.24, 2.45) is 0 Å². The Morgan fingerprint density at radius 1 is 1.16 bits per heavy atom. The Morgan fingerprint density at radius 2 is 1.84 bits per heavy atom. The first-order valence-electron chi connectivity index (χ1n) is 6.33. The average molecular weight is 286 g/mol. The molecule has 1 aliphatic heterocycles. The molecule has 0 unspecified atom stereocenters. The summed E-state index contributed by atoms with van der Waals surface area (Å²) in [5.41, 5.74) is 5.59. The van der Waals surface area contributed by atoms with E-state index in [4.69, 9.17) is 17.3 Å². The quantitative estimate of drug-likeness (QED) is 0.820. The highest BCUT2D eigenvalue weighted by Gasteiger charge is 2.19. The smallest absolute Gasteiger partial charge is 0.231 e. The highest BCUT2D eigenvalue weighted by Crippen LogP contribution is 2.14. The van der Waals surface area contributed by atoms with Gasteiger partial charge in [-0.25, -0.2) is 0 Å². The number of nitrogens with two attached hydrogens (primary N) is 1. The molecule has 0 aromatic carbocycles. The van der Waals surface area contributed by atoms with Gasteiger partial charge >= 0.3 is 0 Å². The summed E-state index contributed by atoms with van der Waals surface area (Å²) in [6.45, 7) is 5.92. The summed E-state index contributed by atoms with van der Waals surface area (Å²) in [5, 5.41) is 0.150. The summed E-state index contributed by atoms with van der Waals surface area (Å²) in [4.78, 5) is 18.7. The predicted octanol–water partition coefficient (Wildman–Crippen LogP) is -0.209. The third-order valence-corrected chi connectivity index (χ3v) is 3.30. The van der Waals surface area contributed by atoms with Gasteiger partial charge in [-0.15, -0.1) is 0 Å². The van der Waals surface area contributed by atoms with Gasteiger partial charge in [0.1, 0.15) is 0 Å². The van der Waals surface area contributed by atoms with E-state index >= 15 is 0 Å². The molecule has 2 heterocycles. The van der Waals surface area contributed by atoms with Crippen LogP contribution in [0.3, 0.4) is 0 Å². The molecule has 0 bridgehead atoms. The van der Waals surface area contributed by atoms with Gasteiger partial charge in [0.2, 0.25) is 17.2 Å². The summed E-state index contributed by atoms with van der Waals surface area (Å²) < 4.78 is 0. The maximum Gasteiger partial charge on any atom is 0.231 e. The summed E-state index contributed by atoms with van der Waals surface area (Å²) in [5.74, 6) is 0.745. The number of rotatable bonds is 4. The molecule has 0 saturated carbocycles. The Bertz CT molecular complexity index is 397. The first-order valence-corrected chi connectivity index (χ1v) is 6.71. The van der Waals surface area contributed by atoms with E-state index in [-0.39, 0.29) is 11.2 Å². The van der Waals surface area contributed by atoms with E-state index in [2.05, 4.69) is 43.7 Å². The lowest BCUT2D eigenvalue weighted by atomic mass is 10.3. The molecule has 1 aromatic heterocycles. The van der Waals surface area contributed by atoms with E-state index in [0.717, 1.165) is 39.3 Å². The number of nitrogen functional groups attached to an aromatic ring is 1. The minimum Gasteiger partial charge on any atom is -0.368 e. The van der Waals surface area contributed by atoms with Crippen molar-refractivity contribution in [2.45, 2.75) is 0 Å². The highest BCUT2D eigenvalue weighted by atomic mass is 35.5. The van der Waals surface area contributed by atoms with Crippen molar-refractivity contribution in [1.29, 1.82) is 0 Å². The molecule has 1 aromatic rings. The Balaban J connectivity index is 1.89. The molecule has 2 rings (SSSR count). The maximum atomic E-state index is 5.80. The van der Waals surface area contributed by atoms with E-state index in [1.807, 2.05) is 0 Å². The zero-order valence-electron chi connectivity index (χ0n) is 11.4. The van der Waals surface area contributed by atoms with Crippen molar-refractivity contribution in [3.63, 3.8) is 0 Å². The molecule has 19 heavy (non-hydrogen) atoms. The van der Waals surface area contributed by atoms with Gasteiger partial charge in [0.05, 0.1) is 0 Å². The number of anilines is 2. The van der Waals surface area contributed by atoms with Gasteiger partial charge < -0.3 is 15.5 Å². The second-order valence-electron chi connectivity index (χ2n) is 4.89. The molecule has 1 aliphatic rings. The Labute approximate surface area is 118 Å². The second kappa shape index (κ2) is 6.31. The highest BCUT2D eigenvalue weighted by molar-refractivity contribution is 6.28. The molecule has 0 atom stereocenters. The Morgan fingerprint density at radius 3 is 2.42 bits per heavy atom. The minimum atomic E-state index is 0.150. The summed E-state index contributed by atoms with van der Waals surface area (Å²) in [6, 6.07) is 0. The number of hydrogen-bond acceptors (Lipinski definition) is 7. The number of hydrogen-bond donors (Lipinski definition) is 1. The lowest BCUT2D eigenvalue weighted by Crippen LogP contribution is -2.48. The number of aromatic nitrogens is 3. The SMILES string of the molecule is CN(C)CCN1CCN(c2nc(N)nc(Cl)n2)CC1. The molecule has 0 amide bonds. The number of piperazine rings is 1. The van der Waals surface area contributed by atoms with Gasteiger partial charge in [-0.1, -0.05) is 0 Å². The van der Waals surface area contributed by atoms with Crippen molar-refractivity contribution in [3.8, 4) is 0 Å². The molecule has 0 spiro atoms. The Hall–Kier alpha value is -1.18. The fourth-order valence-corrected chi connectivity index (χ4v) is 2.17. The molecule has 0 aliphatic carbocycles. The van der Waals surface area contributed by atoms with Gasteiger partial charge in [0.25, 0.3) is 0 Å². The normalized spacial score (nSPS) is 17.2. The lowest BCUT2D eigenvalue weighted by Gasteiger charge is -2.35. The van der Waals surface area contributed by atoms with Crippen molar-refractivity contribution >= 4 is 23.5 Å². The van der Waals surface area contributed by atoms with Gasteiger partial charge in [0.15, 0.2) is 0 Å². The van der Waals surface area contributed by atoms with Gasteiger partial charge in [0, 0.05) is 39.3 Å². The van der Waals surface area contributed by atoms with E-state index in [1.54, 1.807) is 0 Å². The van der Waals surface area contributed by atoms with Crippen LogP contribution in [0.5, 0.6) is 0 Å². The van der Waals surface area contributed by atoms with Crippen molar-refractivity contribution in [3.05, 3.63) is 5.28 Å². The van der Waals surface area contributed by atoms with Crippen LogP contribution >= 0.6 is 11.6 Å². The summed E-state index contributed by atoms with van der Waals surface area (Å²) in [6.07, 6.45) is 0. The molecular formula is C11H20ClN7. The van der Waals surface area contributed by atoms with Gasteiger partial charge in [-0.05, 0) is 25.7 Å². The van der Waals surface area contributed by atoms with Gasteiger partial charge in [-0.2, -0.15) is 15.0 Å². The van der Waals surface area contributed by atoms with E-state index in [9.17, 15) is 0 Å². The number of nitrogens with zero attached hydrogens (tertiary/aromatic N) is 6. The first kappa shape index (κ1) is 14.2. The van der Waals surface area contributed by atoms with Crippen LogP contribution in [0.15, 0.2) is 0 Å². The molecule has 0 radical (unpaired) electrons. The maximum absolute atomic E-state index is 5.80. The topological polar surface area (TPSA) is 74.4 Å². The minimum absolute atomic E-state index is 0.150. The summed E-state index contributed by atoms with van der Waals surface area (Å²) >= 11 is 5.80. The van der Waals surface area contributed by atoms with Crippen LogP contribution in [0.2, 0.25) is 5.28 Å². The van der Waals surface area contributed by atoms with Crippen LogP contribution < -0.4 is 10.6 Å². The van der Waals surface area contributed by atoms with Crippen LogP contribution in [-0.2, 0) is 0 Å². The van der Waals surface area contributed by atoms with Crippen LogP contribution in [0, 0.1) is 0 Å². The largest absolute Gasteiger partial charge is 0.368 e. The monoisotopic (exact) mass is 285 g/mol. The molecular weight excluding hydrogens is 266 g/mol. The van der Waals surface area contributed by atoms with E-state index in [0.29, 0.717) is 5.95 Å². The van der Waals surface area contributed by atoms with Crippen molar-refractivity contribution < 1.29 is 0 Å². The zero-order chi connectivity index (χ0) is 13.8. The van der Waals surface area contributed by atoms with E-state index in [1.165, 1.54) is 0 Å². The fourth-order valence-electron chi connectivity index (χ4n) is 2.01. The van der Waals surface area contributed by atoms with Crippen molar-refractivity contribution in [2.75, 3.05) is 64.0 Å². The summed E-state index contributed by atoms with van der Waals surface area (Å²) in [7, 11) is 4.18.